The van der Waals surface area contributed by atoms with Gasteiger partial charge in [0.25, 0.3) is 5.91 Å². The van der Waals surface area contributed by atoms with Crippen molar-refractivity contribution < 1.29 is 19.1 Å². The van der Waals surface area contributed by atoms with E-state index in [0.29, 0.717) is 17.1 Å². The molecule has 1 aliphatic heterocycles. The summed E-state index contributed by atoms with van der Waals surface area (Å²) in [6, 6.07) is 14.2. The predicted octanol–water partition coefficient (Wildman–Crippen LogP) is 3.27. The number of benzene rings is 2. The van der Waals surface area contributed by atoms with E-state index in [1.807, 2.05) is 32.0 Å². The van der Waals surface area contributed by atoms with Gasteiger partial charge in [-0.15, -0.1) is 0 Å². The molecule has 2 aromatic carbocycles. The van der Waals surface area contributed by atoms with Gasteiger partial charge in [-0.3, -0.25) is 9.59 Å². The molecule has 28 heavy (non-hydrogen) atoms. The molecule has 1 atom stereocenters. The first-order valence-electron chi connectivity index (χ1n) is 9.07. The number of rotatable bonds is 6. The highest BCUT2D eigenvalue weighted by atomic mass is 16.5. The number of imide groups is 1. The highest BCUT2D eigenvalue weighted by Gasteiger charge is 2.47. The second-order valence-corrected chi connectivity index (χ2v) is 6.79. The maximum Gasteiger partial charge on any atom is 0.332 e. The average molecular weight is 381 g/mol. The van der Waals surface area contributed by atoms with E-state index < -0.39 is 18.0 Å². The second-order valence-electron chi connectivity index (χ2n) is 6.79. The van der Waals surface area contributed by atoms with Gasteiger partial charge in [-0.1, -0.05) is 18.2 Å². The zero-order chi connectivity index (χ0) is 20.3. The molecule has 0 unspecified atom stereocenters. The molecule has 1 aliphatic rings. The number of methoxy groups -OCH3 is 1. The van der Waals surface area contributed by atoms with Crippen LogP contribution in [0, 0.1) is 0 Å². The molecule has 1 heterocycles. The molecule has 1 fully saturated rings. The van der Waals surface area contributed by atoms with Crippen LogP contribution in [-0.2, 0) is 9.59 Å². The van der Waals surface area contributed by atoms with Crippen LogP contribution < -0.4 is 15.0 Å². The highest BCUT2D eigenvalue weighted by molar-refractivity contribution is 6.22. The fourth-order valence-corrected chi connectivity index (χ4v) is 3.26. The minimum Gasteiger partial charge on any atom is -0.497 e. The van der Waals surface area contributed by atoms with Gasteiger partial charge in [-0.2, -0.15) is 0 Å². The first kappa shape index (κ1) is 19.4. The van der Waals surface area contributed by atoms with Gasteiger partial charge in [0.1, 0.15) is 11.8 Å². The number of nitrogens with zero attached hydrogens (tertiary/aromatic N) is 2. The van der Waals surface area contributed by atoms with E-state index in [1.165, 1.54) is 4.90 Å². The summed E-state index contributed by atoms with van der Waals surface area (Å²) in [5.74, 6) is -0.103. The Hall–Kier alpha value is -3.35. The van der Waals surface area contributed by atoms with Crippen molar-refractivity contribution in [3.05, 3.63) is 54.6 Å². The van der Waals surface area contributed by atoms with Crippen LogP contribution in [0.3, 0.4) is 0 Å². The summed E-state index contributed by atoms with van der Waals surface area (Å²) >= 11 is 0. The average Bonchev–Trinajstić information content (AvgIpc) is 2.92. The first-order valence-corrected chi connectivity index (χ1v) is 9.07. The Balaban J connectivity index is 1.81. The third kappa shape index (κ3) is 3.83. The molecule has 7 nitrogen and oxygen atoms in total. The summed E-state index contributed by atoms with van der Waals surface area (Å²) in [6.07, 6.45) is -0.107. The van der Waals surface area contributed by atoms with Crippen molar-refractivity contribution in [2.45, 2.75) is 32.4 Å². The maximum atomic E-state index is 13.0. The van der Waals surface area contributed by atoms with Crippen LogP contribution in [0.1, 0.15) is 20.3 Å². The number of hydrogen-bond donors (Lipinski definition) is 1. The Morgan fingerprint density at radius 2 is 1.71 bits per heavy atom. The monoisotopic (exact) mass is 381 g/mol. The summed E-state index contributed by atoms with van der Waals surface area (Å²) in [5.41, 5.74) is 1.10. The number of para-hydroxylation sites is 1. The van der Waals surface area contributed by atoms with Crippen LogP contribution in [0.4, 0.5) is 16.2 Å². The number of urea groups is 1. The number of hydrogen-bond acceptors (Lipinski definition) is 4. The van der Waals surface area contributed by atoms with Gasteiger partial charge in [0.2, 0.25) is 5.91 Å². The van der Waals surface area contributed by atoms with E-state index in [0.717, 1.165) is 4.90 Å². The van der Waals surface area contributed by atoms with Gasteiger partial charge in [0, 0.05) is 11.7 Å². The summed E-state index contributed by atoms with van der Waals surface area (Å²) in [6.45, 7) is 3.65. The van der Waals surface area contributed by atoms with Crippen LogP contribution >= 0.6 is 0 Å². The first-order chi connectivity index (χ1) is 13.4. The van der Waals surface area contributed by atoms with E-state index in [9.17, 15) is 14.4 Å². The van der Waals surface area contributed by atoms with Crippen LogP contribution in [-0.4, -0.2) is 41.9 Å². The lowest BCUT2D eigenvalue weighted by Gasteiger charge is -2.25. The van der Waals surface area contributed by atoms with Gasteiger partial charge in [-0.25, -0.2) is 9.69 Å². The summed E-state index contributed by atoms with van der Waals surface area (Å²) in [4.78, 5) is 41.0. The van der Waals surface area contributed by atoms with Crippen LogP contribution in [0.15, 0.2) is 54.6 Å². The molecule has 0 spiro atoms. The smallest absolute Gasteiger partial charge is 0.332 e. The molecular weight excluding hydrogens is 358 g/mol. The molecule has 0 bridgehead atoms. The van der Waals surface area contributed by atoms with Crippen LogP contribution in [0.25, 0.3) is 0 Å². The Morgan fingerprint density at radius 1 is 1.07 bits per heavy atom. The van der Waals surface area contributed by atoms with Crippen molar-refractivity contribution in [1.29, 1.82) is 0 Å². The quantitative estimate of drug-likeness (QED) is 0.779. The topological polar surface area (TPSA) is 79.0 Å². The van der Waals surface area contributed by atoms with Crippen LogP contribution in [0.2, 0.25) is 0 Å². The number of carbonyl (C=O) groups is 3. The Kier molecular flexibility index (Phi) is 5.63. The van der Waals surface area contributed by atoms with Gasteiger partial charge in [0.15, 0.2) is 0 Å². The molecule has 3 rings (SSSR count). The molecule has 2 aromatic rings. The summed E-state index contributed by atoms with van der Waals surface area (Å²) < 4.78 is 5.12. The number of carbonyl (C=O) groups excluding carboxylic acids is 3. The van der Waals surface area contributed by atoms with Crippen molar-refractivity contribution in [3.8, 4) is 5.75 Å². The number of anilines is 2. The zero-order valence-corrected chi connectivity index (χ0v) is 16.1. The molecular formula is C21H23N3O4. The lowest BCUT2D eigenvalue weighted by Crippen LogP contribution is -2.42. The van der Waals surface area contributed by atoms with Crippen LogP contribution in [0.5, 0.6) is 5.75 Å². The summed E-state index contributed by atoms with van der Waals surface area (Å²) in [5, 5.41) is 2.77. The lowest BCUT2D eigenvalue weighted by molar-refractivity contribution is -0.124. The molecule has 1 N–H and O–H groups in total. The highest BCUT2D eigenvalue weighted by Crippen LogP contribution is 2.29. The third-order valence-electron chi connectivity index (χ3n) is 4.58. The Morgan fingerprint density at radius 3 is 2.29 bits per heavy atom. The maximum absolute atomic E-state index is 13.0. The van der Waals surface area contributed by atoms with E-state index in [2.05, 4.69) is 5.32 Å². The molecule has 7 heteroatoms. The number of ether oxygens (including phenoxy) is 1. The van der Waals surface area contributed by atoms with Gasteiger partial charge >= 0.3 is 6.03 Å². The molecule has 146 valence electrons. The predicted molar refractivity (Wildman–Crippen MR) is 106 cm³/mol. The van der Waals surface area contributed by atoms with Crippen molar-refractivity contribution in [3.63, 3.8) is 0 Å². The standard InChI is InChI=1S/C21H23N3O4/c1-14(2)23-18(13-19(25)22-15-7-5-4-6-8-15)20(26)24(21(23)27)16-9-11-17(28-3)12-10-16/h4-12,14,18H,13H2,1-3H3,(H,22,25)/t18-/m1/s1. The minimum absolute atomic E-state index is 0.107. The largest absolute Gasteiger partial charge is 0.497 e. The van der Waals surface area contributed by atoms with Gasteiger partial charge in [-0.05, 0) is 50.2 Å². The normalized spacial score (nSPS) is 16.6. The number of amides is 4. The Bertz CT molecular complexity index is 865. The van der Waals surface area contributed by atoms with Gasteiger partial charge in [0.05, 0.1) is 19.2 Å². The van der Waals surface area contributed by atoms with E-state index in [-0.39, 0.29) is 18.4 Å². The molecule has 4 amide bonds. The van der Waals surface area contributed by atoms with E-state index >= 15 is 0 Å². The van der Waals surface area contributed by atoms with Crippen molar-refractivity contribution in [1.82, 2.24) is 4.90 Å². The molecule has 0 aromatic heterocycles. The zero-order valence-electron chi connectivity index (χ0n) is 16.1. The molecule has 0 saturated carbocycles. The fourth-order valence-electron chi connectivity index (χ4n) is 3.26. The third-order valence-corrected chi connectivity index (χ3v) is 4.58. The minimum atomic E-state index is -0.849. The molecule has 1 saturated heterocycles. The number of nitrogens with one attached hydrogen (secondary N) is 1. The molecule has 0 radical (unpaired) electrons. The van der Waals surface area contributed by atoms with Gasteiger partial charge < -0.3 is 15.0 Å². The van der Waals surface area contributed by atoms with E-state index in [4.69, 9.17) is 4.74 Å². The van der Waals surface area contributed by atoms with Crippen molar-refractivity contribution >= 4 is 29.2 Å². The second kappa shape index (κ2) is 8.12. The van der Waals surface area contributed by atoms with Crippen molar-refractivity contribution in [2.75, 3.05) is 17.3 Å². The van der Waals surface area contributed by atoms with E-state index in [1.54, 1.807) is 43.5 Å². The molecule has 0 aliphatic carbocycles. The lowest BCUT2D eigenvalue weighted by atomic mass is 10.1. The van der Waals surface area contributed by atoms with Crippen molar-refractivity contribution in [2.24, 2.45) is 0 Å². The summed E-state index contributed by atoms with van der Waals surface area (Å²) in [7, 11) is 1.54. The fraction of sp³-hybridized carbons (Fsp3) is 0.286. The SMILES string of the molecule is COc1ccc(N2C(=O)[C@@H](CC(=O)Nc3ccccc3)N(C(C)C)C2=O)cc1. The Labute approximate surface area is 163 Å².